The third-order valence-electron chi connectivity index (χ3n) is 4.09. The number of carbonyl (C=O) groups is 1. The molecule has 0 bridgehead atoms. The average Bonchev–Trinajstić information content (AvgIpc) is 2.43. The standard InChI is InChI=1S/C16H25N3O/c1-12(20)19(2)11-13-5-3-4-6-16(13)18-15-9-7-14(17)8-10-15/h3-6,14-15,18H,7-11,17H2,1-2H3. The maximum Gasteiger partial charge on any atom is 0.219 e. The van der Waals surface area contributed by atoms with Gasteiger partial charge in [-0.15, -0.1) is 0 Å². The fraction of sp³-hybridized carbons (Fsp3) is 0.562. The van der Waals surface area contributed by atoms with Crippen LogP contribution in [0.2, 0.25) is 0 Å². The van der Waals surface area contributed by atoms with Gasteiger partial charge in [0.25, 0.3) is 0 Å². The summed E-state index contributed by atoms with van der Waals surface area (Å²) in [6.45, 7) is 2.24. The summed E-state index contributed by atoms with van der Waals surface area (Å²) in [5.74, 6) is 0.0865. The Bertz CT molecular complexity index is 453. The second kappa shape index (κ2) is 6.75. The number of amides is 1. The molecule has 3 N–H and O–H groups in total. The second-order valence-corrected chi connectivity index (χ2v) is 5.79. The Hall–Kier alpha value is -1.55. The number of carbonyl (C=O) groups excluding carboxylic acids is 1. The molecule has 1 fully saturated rings. The zero-order chi connectivity index (χ0) is 14.5. The zero-order valence-corrected chi connectivity index (χ0v) is 12.4. The lowest BCUT2D eigenvalue weighted by Gasteiger charge is -2.29. The largest absolute Gasteiger partial charge is 0.382 e. The van der Waals surface area contributed by atoms with Crippen molar-refractivity contribution < 1.29 is 4.79 Å². The Morgan fingerprint density at radius 1 is 1.30 bits per heavy atom. The molecule has 20 heavy (non-hydrogen) atoms. The lowest BCUT2D eigenvalue weighted by atomic mass is 9.91. The van der Waals surface area contributed by atoms with Crippen molar-refractivity contribution in [1.29, 1.82) is 0 Å². The molecule has 0 unspecified atom stereocenters. The van der Waals surface area contributed by atoms with Crippen LogP contribution < -0.4 is 11.1 Å². The van der Waals surface area contributed by atoms with Gasteiger partial charge in [-0.1, -0.05) is 18.2 Å². The molecular weight excluding hydrogens is 250 g/mol. The number of para-hydroxylation sites is 1. The van der Waals surface area contributed by atoms with Gasteiger partial charge in [-0.05, 0) is 37.3 Å². The smallest absolute Gasteiger partial charge is 0.219 e. The first-order chi connectivity index (χ1) is 9.56. The first-order valence-corrected chi connectivity index (χ1v) is 7.38. The maximum atomic E-state index is 11.4. The minimum absolute atomic E-state index is 0.0865. The fourth-order valence-corrected chi connectivity index (χ4v) is 2.65. The molecule has 0 aliphatic heterocycles. The van der Waals surface area contributed by atoms with E-state index in [9.17, 15) is 4.79 Å². The van der Waals surface area contributed by atoms with Gasteiger partial charge in [0, 0.05) is 38.3 Å². The van der Waals surface area contributed by atoms with E-state index in [1.54, 1.807) is 11.8 Å². The molecule has 4 heteroatoms. The van der Waals surface area contributed by atoms with Gasteiger partial charge in [-0.3, -0.25) is 4.79 Å². The Morgan fingerprint density at radius 3 is 2.60 bits per heavy atom. The van der Waals surface area contributed by atoms with E-state index in [-0.39, 0.29) is 5.91 Å². The molecule has 0 aromatic heterocycles. The molecule has 0 spiro atoms. The maximum absolute atomic E-state index is 11.4. The van der Waals surface area contributed by atoms with Crippen LogP contribution in [0, 0.1) is 0 Å². The van der Waals surface area contributed by atoms with Crippen LogP contribution in [-0.2, 0) is 11.3 Å². The highest BCUT2D eigenvalue weighted by molar-refractivity contribution is 5.73. The highest BCUT2D eigenvalue weighted by atomic mass is 16.2. The van der Waals surface area contributed by atoms with Crippen molar-refractivity contribution in [3.8, 4) is 0 Å². The third kappa shape index (κ3) is 3.97. The molecule has 0 heterocycles. The Kier molecular flexibility index (Phi) is 5.01. The number of benzene rings is 1. The molecule has 4 nitrogen and oxygen atoms in total. The van der Waals surface area contributed by atoms with Crippen molar-refractivity contribution in [1.82, 2.24) is 4.90 Å². The summed E-state index contributed by atoms with van der Waals surface area (Å²) in [6, 6.07) is 9.10. The van der Waals surface area contributed by atoms with Crippen molar-refractivity contribution >= 4 is 11.6 Å². The molecule has 1 saturated carbocycles. The van der Waals surface area contributed by atoms with Gasteiger partial charge in [-0.2, -0.15) is 0 Å². The van der Waals surface area contributed by atoms with Crippen LogP contribution >= 0.6 is 0 Å². The minimum atomic E-state index is 0.0865. The van der Waals surface area contributed by atoms with Crippen LogP contribution in [0.3, 0.4) is 0 Å². The van der Waals surface area contributed by atoms with E-state index in [4.69, 9.17) is 5.73 Å². The Morgan fingerprint density at radius 2 is 1.95 bits per heavy atom. The molecule has 1 aromatic carbocycles. The number of nitrogens with one attached hydrogen (secondary N) is 1. The van der Waals surface area contributed by atoms with Gasteiger partial charge >= 0.3 is 0 Å². The summed E-state index contributed by atoms with van der Waals surface area (Å²) in [5.41, 5.74) is 8.25. The Balaban J connectivity index is 2.02. The molecule has 1 aliphatic rings. The molecule has 1 aromatic rings. The van der Waals surface area contributed by atoms with Crippen LogP contribution in [-0.4, -0.2) is 29.9 Å². The number of rotatable bonds is 4. The molecule has 0 atom stereocenters. The van der Waals surface area contributed by atoms with Gasteiger partial charge in [-0.25, -0.2) is 0 Å². The predicted octanol–water partition coefficient (Wildman–Crippen LogP) is 2.35. The minimum Gasteiger partial charge on any atom is -0.382 e. The quantitative estimate of drug-likeness (QED) is 0.887. The Labute approximate surface area is 121 Å². The number of anilines is 1. The zero-order valence-electron chi connectivity index (χ0n) is 12.4. The van der Waals surface area contributed by atoms with Gasteiger partial charge in [0.1, 0.15) is 0 Å². The van der Waals surface area contributed by atoms with Crippen LogP contribution in [0.5, 0.6) is 0 Å². The summed E-state index contributed by atoms with van der Waals surface area (Å²) in [5, 5.41) is 3.62. The van der Waals surface area contributed by atoms with Crippen LogP contribution in [0.1, 0.15) is 38.2 Å². The SMILES string of the molecule is CC(=O)N(C)Cc1ccccc1NC1CCC(N)CC1. The topological polar surface area (TPSA) is 58.4 Å². The van der Waals surface area contributed by atoms with Crippen LogP contribution in [0.4, 0.5) is 5.69 Å². The molecule has 110 valence electrons. The lowest BCUT2D eigenvalue weighted by Crippen LogP contribution is -2.33. The monoisotopic (exact) mass is 275 g/mol. The predicted molar refractivity (Wildman–Crippen MR) is 82.4 cm³/mol. The van der Waals surface area contributed by atoms with Gasteiger partial charge in [0.15, 0.2) is 0 Å². The summed E-state index contributed by atoms with van der Waals surface area (Å²) >= 11 is 0. The highest BCUT2D eigenvalue weighted by Gasteiger charge is 2.19. The van der Waals surface area contributed by atoms with E-state index in [1.807, 2.05) is 19.2 Å². The summed E-state index contributed by atoms with van der Waals surface area (Å²) in [6.07, 6.45) is 4.43. The van der Waals surface area contributed by atoms with E-state index in [1.165, 1.54) is 5.56 Å². The van der Waals surface area contributed by atoms with Crippen molar-refractivity contribution in [2.24, 2.45) is 5.73 Å². The second-order valence-electron chi connectivity index (χ2n) is 5.79. The van der Waals surface area contributed by atoms with E-state index in [0.717, 1.165) is 31.4 Å². The molecular formula is C16H25N3O. The van der Waals surface area contributed by atoms with Gasteiger partial charge < -0.3 is 16.0 Å². The van der Waals surface area contributed by atoms with Gasteiger partial charge in [0.2, 0.25) is 5.91 Å². The van der Waals surface area contributed by atoms with Gasteiger partial charge in [0.05, 0.1) is 0 Å². The van der Waals surface area contributed by atoms with Crippen LogP contribution in [0.25, 0.3) is 0 Å². The first kappa shape index (κ1) is 14.9. The van der Waals surface area contributed by atoms with Crippen molar-refractivity contribution in [3.63, 3.8) is 0 Å². The van der Waals surface area contributed by atoms with Crippen LogP contribution in [0.15, 0.2) is 24.3 Å². The molecule has 2 rings (SSSR count). The highest BCUT2D eigenvalue weighted by Crippen LogP contribution is 2.24. The van der Waals surface area contributed by atoms with E-state index < -0.39 is 0 Å². The lowest BCUT2D eigenvalue weighted by molar-refractivity contribution is -0.128. The third-order valence-corrected chi connectivity index (χ3v) is 4.09. The van der Waals surface area contributed by atoms with E-state index >= 15 is 0 Å². The molecule has 0 radical (unpaired) electrons. The van der Waals surface area contributed by atoms with Crippen molar-refractivity contribution in [2.45, 2.75) is 51.2 Å². The average molecular weight is 275 g/mol. The van der Waals surface area contributed by atoms with Crippen molar-refractivity contribution in [3.05, 3.63) is 29.8 Å². The summed E-state index contributed by atoms with van der Waals surface area (Å²) in [7, 11) is 1.83. The molecule has 0 saturated heterocycles. The first-order valence-electron chi connectivity index (χ1n) is 7.38. The number of nitrogens with zero attached hydrogens (tertiary/aromatic N) is 1. The number of hydrogen-bond acceptors (Lipinski definition) is 3. The molecule has 1 aliphatic carbocycles. The fourth-order valence-electron chi connectivity index (χ4n) is 2.65. The number of nitrogens with two attached hydrogens (primary N) is 1. The van der Waals surface area contributed by atoms with E-state index in [2.05, 4.69) is 17.4 Å². The molecule has 1 amide bonds. The normalized spacial score (nSPS) is 22.4. The van der Waals surface area contributed by atoms with Crippen molar-refractivity contribution in [2.75, 3.05) is 12.4 Å². The summed E-state index contributed by atoms with van der Waals surface area (Å²) in [4.78, 5) is 13.1. The summed E-state index contributed by atoms with van der Waals surface area (Å²) < 4.78 is 0. The van der Waals surface area contributed by atoms with E-state index in [0.29, 0.717) is 18.6 Å². The number of hydrogen-bond donors (Lipinski definition) is 2.